The number of hydrogen-bond donors (Lipinski definition) is 3. The molecule has 0 aliphatic carbocycles. The van der Waals surface area contributed by atoms with Gasteiger partial charge in [0.2, 0.25) is 10.9 Å². The Kier molecular flexibility index (Phi) is 4.30. The van der Waals surface area contributed by atoms with Gasteiger partial charge in [-0.25, -0.2) is 0 Å². The van der Waals surface area contributed by atoms with Crippen LogP contribution in [0.1, 0.15) is 29.8 Å². The van der Waals surface area contributed by atoms with Crippen LogP contribution in [0.15, 0.2) is 27.8 Å². The normalized spacial score (nSPS) is 10.9. The van der Waals surface area contributed by atoms with Crippen molar-refractivity contribution in [2.24, 2.45) is 5.92 Å². The van der Waals surface area contributed by atoms with Crippen molar-refractivity contribution in [3.8, 4) is 5.75 Å². The van der Waals surface area contributed by atoms with E-state index in [0.29, 0.717) is 18.0 Å². The van der Waals surface area contributed by atoms with Gasteiger partial charge in [0, 0.05) is 12.1 Å². The summed E-state index contributed by atoms with van der Waals surface area (Å²) in [5.74, 6) is -0.355. The Bertz CT molecular complexity index is 786. The number of phenolic OH excluding ortho intramolecular Hbond substituents is 1. The third kappa shape index (κ3) is 2.86. The minimum Gasteiger partial charge on any atom is -0.505 e. The molecule has 3 N–H and O–H groups in total. The molecule has 0 radical (unpaired) electrons. The van der Waals surface area contributed by atoms with Crippen molar-refractivity contribution in [1.29, 1.82) is 0 Å². The summed E-state index contributed by atoms with van der Waals surface area (Å²) in [5.41, 5.74) is -0.354. The molecule has 2 aromatic rings. The number of benzene rings is 1. The van der Waals surface area contributed by atoms with Gasteiger partial charge >= 0.3 is 0 Å². The minimum atomic E-state index is -0.619. The van der Waals surface area contributed by atoms with Gasteiger partial charge in [-0.05, 0) is 25.0 Å². The van der Waals surface area contributed by atoms with Crippen molar-refractivity contribution in [3.05, 3.63) is 49.8 Å². The van der Waals surface area contributed by atoms with Crippen LogP contribution < -0.4 is 21.5 Å². The lowest BCUT2D eigenvalue weighted by Crippen LogP contribution is -2.36. The third-order valence-corrected chi connectivity index (χ3v) is 3.36. The number of hydrogen-bond acceptors (Lipinski definition) is 5. The monoisotopic (exact) mass is 302 g/mol. The van der Waals surface area contributed by atoms with Gasteiger partial charge in [0.1, 0.15) is 0 Å². The number of amides is 1. The number of para-hydroxylation sites is 1. The average molecular weight is 302 g/mol. The first-order valence-corrected chi connectivity index (χ1v) is 7.00. The van der Waals surface area contributed by atoms with E-state index in [-0.39, 0.29) is 22.7 Å². The van der Waals surface area contributed by atoms with Crippen molar-refractivity contribution in [3.63, 3.8) is 0 Å². The zero-order chi connectivity index (χ0) is 16.4. The van der Waals surface area contributed by atoms with E-state index in [1.54, 1.807) is 6.07 Å². The van der Waals surface area contributed by atoms with Crippen LogP contribution in [0.2, 0.25) is 0 Å². The molecule has 0 aliphatic rings. The van der Waals surface area contributed by atoms with E-state index < -0.39 is 16.8 Å². The first kappa shape index (κ1) is 15.8. The number of carbonyl (C=O) groups is 1. The van der Waals surface area contributed by atoms with E-state index in [1.165, 1.54) is 19.1 Å². The predicted octanol–water partition coefficient (Wildman–Crippen LogP) is 1.43. The Morgan fingerprint density at radius 3 is 2.50 bits per heavy atom. The van der Waals surface area contributed by atoms with Crippen molar-refractivity contribution in [2.75, 3.05) is 11.9 Å². The number of phenols is 1. The van der Waals surface area contributed by atoms with Gasteiger partial charge in [0.15, 0.2) is 5.75 Å². The van der Waals surface area contributed by atoms with E-state index in [2.05, 4.69) is 10.6 Å². The lowest BCUT2D eigenvalue weighted by atomic mass is 10.1. The predicted molar refractivity (Wildman–Crippen MR) is 84.7 cm³/mol. The van der Waals surface area contributed by atoms with Gasteiger partial charge in [-0.2, -0.15) is 0 Å². The second-order valence-corrected chi connectivity index (χ2v) is 5.59. The first-order valence-electron chi connectivity index (χ1n) is 7.00. The fourth-order valence-corrected chi connectivity index (χ4v) is 2.01. The molecule has 0 spiro atoms. The fourth-order valence-electron chi connectivity index (χ4n) is 2.01. The van der Waals surface area contributed by atoms with Crippen molar-refractivity contribution in [2.45, 2.75) is 20.8 Å². The molecule has 0 unspecified atom stereocenters. The van der Waals surface area contributed by atoms with Crippen molar-refractivity contribution in [1.82, 2.24) is 5.32 Å². The number of anilines is 2. The molecule has 0 fully saturated rings. The Labute approximate surface area is 127 Å². The van der Waals surface area contributed by atoms with E-state index in [4.69, 9.17) is 0 Å². The maximum absolute atomic E-state index is 12.0. The summed E-state index contributed by atoms with van der Waals surface area (Å²) in [6.45, 7) is 5.95. The SMILES string of the molecule is Cc1c(Nc2cccc(C(=O)NCC(C)C)c2O)c(=O)c1=O. The summed E-state index contributed by atoms with van der Waals surface area (Å²) in [6, 6.07) is 4.61. The summed E-state index contributed by atoms with van der Waals surface area (Å²) in [4.78, 5) is 34.7. The van der Waals surface area contributed by atoms with Crippen LogP contribution >= 0.6 is 0 Å². The molecule has 2 aromatic carbocycles. The van der Waals surface area contributed by atoms with Crippen LogP contribution in [-0.4, -0.2) is 17.6 Å². The van der Waals surface area contributed by atoms with Gasteiger partial charge in [0.25, 0.3) is 5.91 Å². The molecular weight excluding hydrogens is 284 g/mol. The summed E-state index contributed by atoms with van der Waals surface area (Å²) in [5, 5.41) is 15.6. The van der Waals surface area contributed by atoms with E-state index in [1.807, 2.05) is 13.8 Å². The topological polar surface area (TPSA) is 95.5 Å². The molecule has 22 heavy (non-hydrogen) atoms. The van der Waals surface area contributed by atoms with Gasteiger partial charge in [-0.1, -0.05) is 19.9 Å². The van der Waals surface area contributed by atoms with E-state index in [9.17, 15) is 19.5 Å². The Morgan fingerprint density at radius 1 is 1.23 bits per heavy atom. The molecule has 0 atom stereocenters. The zero-order valence-corrected chi connectivity index (χ0v) is 12.7. The highest BCUT2D eigenvalue weighted by molar-refractivity contribution is 5.99. The second-order valence-electron chi connectivity index (χ2n) is 5.59. The largest absolute Gasteiger partial charge is 0.505 e. The lowest BCUT2D eigenvalue weighted by Gasteiger charge is -2.14. The number of carbonyl (C=O) groups excluding carboxylic acids is 1. The minimum absolute atomic E-state index is 0.113. The molecule has 2 rings (SSSR count). The molecule has 6 nitrogen and oxygen atoms in total. The van der Waals surface area contributed by atoms with Crippen LogP contribution in [0.25, 0.3) is 0 Å². The molecule has 0 saturated carbocycles. The summed E-state index contributed by atoms with van der Waals surface area (Å²) in [7, 11) is 0. The standard InChI is InChI=1S/C16H18N2O4/c1-8(2)7-17-16(22)10-5-4-6-11(14(10)20)18-12-9(3)13(19)15(12)21/h4-6,8,18,20H,7H2,1-3H3,(H,17,22). The summed E-state index contributed by atoms with van der Waals surface area (Å²) in [6.07, 6.45) is 0. The molecule has 0 saturated heterocycles. The van der Waals surface area contributed by atoms with Gasteiger partial charge in [-0.3, -0.25) is 14.4 Å². The van der Waals surface area contributed by atoms with Gasteiger partial charge in [0.05, 0.1) is 16.9 Å². The fraction of sp³-hybridized carbons (Fsp3) is 0.312. The quantitative estimate of drug-likeness (QED) is 0.573. The van der Waals surface area contributed by atoms with Crippen LogP contribution in [-0.2, 0) is 0 Å². The maximum atomic E-state index is 12.0. The van der Waals surface area contributed by atoms with Crippen LogP contribution in [0, 0.1) is 12.8 Å². The maximum Gasteiger partial charge on any atom is 0.255 e. The summed E-state index contributed by atoms with van der Waals surface area (Å²) < 4.78 is 0. The Morgan fingerprint density at radius 2 is 1.91 bits per heavy atom. The third-order valence-electron chi connectivity index (χ3n) is 3.36. The lowest BCUT2D eigenvalue weighted by molar-refractivity contribution is 0.0946. The highest BCUT2D eigenvalue weighted by Gasteiger charge is 2.20. The molecule has 0 heterocycles. The number of nitrogens with one attached hydrogen (secondary N) is 2. The second kappa shape index (κ2) is 6.01. The molecule has 0 aliphatic heterocycles. The van der Waals surface area contributed by atoms with Crippen LogP contribution in [0.4, 0.5) is 11.4 Å². The average Bonchev–Trinajstić information content (AvgIpc) is 2.50. The Hall–Kier alpha value is -2.63. The van der Waals surface area contributed by atoms with Crippen molar-refractivity contribution >= 4 is 17.3 Å². The van der Waals surface area contributed by atoms with Gasteiger partial charge in [-0.15, -0.1) is 0 Å². The highest BCUT2D eigenvalue weighted by Crippen LogP contribution is 2.30. The smallest absolute Gasteiger partial charge is 0.255 e. The molecule has 0 aromatic heterocycles. The molecule has 0 bridgehead atoms. The molecule has 6 heteroatoms. The molecule has 1 amide bonds. The van der Waals surface area contributed by atoms with Gasteiger partial charge < -0.3 is 15.7 Å². The van der Waals surface area contributed by atoms with Crippen molar-refractivity contribution < 1.29 is 9.90 Å². The highest BCUT2D eigenvalue weighted by atomic mass is 16.3. The van der Waals surface area contributed by atoms with Crippen LogP contribution in [0.5, 0.6) is 5.75 Å². The number of rotatable bonds is 5. The number of aromatic hydroxyl groups is 1. The van der Waals surface area contributed by atoms with Crippen LogP contribution in [0.3, 0.4) is 0 Å². The Balaban J connectivity index is 2.25. The summed E-state index contributed by atoms with van der Waals surface area (Å²) >= 11 is 0. The molecule has 116 valence electrons. The molecular formula is C16H18N2O4. The van der Waals surface area contributed by atoms with E-state index in [0.717, 1.165) is 0 Å². The van der Waals surface area contributed by atoms with E-state index >= 15 is 0 Å². The first-order chi connectivity index (χ1) is 10.3. The zero-order valence-electron chi connectivity index (χ0n) is 12.7.